The van der Waals surface area contributed by atoms with Crippen LogP contribution in [0.1, 0.15) is 217 Å². The number of rotatable bonds is 37. The number of hydrogen-bond acceptors (Lipinski definition) is 11. The normalized spacial score (nSPS) is 13.0. The molecule has 0 rings (SSSR count). The van der Waals surface area contributed by atoms with Crippen LogP contribution in [0.3, 0.4) is 0 Å². The minimum atomic E-state index is -1.03. The highest BCUT2D eigenvalue weighted by atomic mass is 16.6. The quantitative estimate of drug-likeness (QED) is 0.0218. The second-order valence-electron chi connectivity index (χ2n) is 21.1. The van der Waals surface area contributed by atoms with E-state index >= 15 is 0 Å². The number of hydrogen-bond donors (Lipinski definition) is 8. The SMILES string of the molecule is CCCCCCCCCCCC(=O)NCCCCCCNC(=O)C(CCCCNC(=O)OC(C)(C)C)NC(=O)C(CCCCNC(=O)OC(C)(C)C)NC(=O)C(N)CCCCNC(=O)OC(C)(C)C. The predicted molar refractivity (Wildman–Crippen MR) is 272 cm³/mol. The molecule has 3 atom stereocenters. The van der Waals surface area contributed by atoms with Crippen LogP contribution in [0.2, 0.25) is 0 Å². The molecule has 7 amide bonds. The molecule has 9 N–H and O–H groups in total. The van der Waals surface area contributed by atoms with Crippen LogP contribution in [0.15, 0.2) is 0 Å². The van der Waals surface area contributed by atoms with E-state index in [2.05, 4.69) is 44.1 Å². The molecular weight excluding hydrogens is 885 g/mol. The Bertz CT molecular complexity index is 1460. The van der Waals surface area contributed by atoms with Crippen molar-refractivity contribution in [3.05, 3.63) is 0 Å². The molecular formula is C51H98N8O10. The summed E-state index contributed by atoms with van der Waals surface area (Å²) in [7, 11) is 0. The summed E-state index contributed by atoms with van der Waals surface area (Å²) in [6.07, 6.45) is 16.9. The summed E-state index contributed by atoms with van der Waals surface area (Å²) in [4.78, 5) is 89.7. The molecule has 0 saturated carbocycles. The molecule has 0 saturated heterocycles. The Morgan fingerprint density at radius 2 is 0.725 bits per heavy atom. The van der Waals surface area contributed by atoms with Crippen molar-refractivity contribution in [3.63, 3.8) is 0 Å². The summed E-state index contributed by atoms with van der Waals surface area (Å²) in [6, 6.07) is -2.90. The van der Waals surface area contributed by atoms with Gasteiger partial charge in [0, 0.05) is 39.1 Å². The van der Waals surface area contributed by atoms with Crippen LogP contribution in [0, 0.1) is 0 Å². The Kier molecular flexibility index (Phi) is 35.1. The van der Waals surface area contributed by atoms with Crippen molar-refractivity contribution >= 4 is 41.9 Å². The highest BCUT2D eigenvalue weighted by Crippen LogP contribution is 2.13. The Balaban J connectivity index is 5.43. The first-order chi connectivity index (χ1) is 32.4. The maximum atomic E-state index is 14.0. The first kappa shape index (κ1) is 64.7. The second-order valence-corrected chi connectivity index (χ2v) is 21.1. The van der Waals surface area contributed by atoms with Gasteiger partial charge in [0.1, 0.15) is 28.9 Å². The van der Waals surface area contributed by atoms with Crippen molar-refractivity contribution in [1.82, 2.24) is 37.2 Å². The van der Waals surface area contributed by atoms with Crippen LogP contribution in [-0.4, -0.2) is 110 Å². The van der Waals surface area contributed by atoms with Crippen molar-refractivity contribution in [2.45, 2.75) is 252 Å². The van der Waals surface area contributed by atoms with Crippen LogP contribution in [-0.2, 0) is 33.4 Å². The first-order valence-electron chi connectivity index (χ1n) is 26.2. The monoisotopic (exact) mass is 983 g/mol. The molecule has 18 nitrogen and oxygen atoms in total. The maximum Gasteiger partial charge on any atom is 0.407 e. The second kappa shape index (κ2) is 37.5. The summed E-state index contributed by atoms with van der Waals surface area (Å²) < 4.78 is 15.9. The van der Waals surface area contributed by atoms with Gasteiger partial charge in [0.15, 0.2) is 0 Å². The molecule has 0 fully saturated rings. The smallest absolute Gasteiger partial charge is 0.407 e. The van der Waals surface area contributed by atoms with Gasteiger partial charge in [0.25, 0.3) is 0 Å². The van der Waals surface area contributed by atoms with Gasteiger partial charge in [-0.1, -0.05) is 71.1 Å². The summed E-state index contributed by atoms with van der Waals surface area (Å²) in [5.41, 5.74) is 4.34. The number of nitrogens with one attached hydrogen (secondary N) is 7. The highest BCUT2D eigenvalue weighted by molar-refractivity contribution is 5.93. The largest absolute Gasteiger partial charge is 0.444 e. The zero-order chi connectivity index (χ0) is 52.1. The number of ether oxygens (including phenoxy) is 3. The van der Waals surface area contributed by atoms with E-state index in [0.29, 0.717) is 84.0 Å². The number of unbranched alkanes of at least 4 members (excludes halogenated alkanes) is 14. The number of carbonyl (C=O) groups excluding carboxylic acids is 7. The van der Waals surface area contributed by atoms with Gasteiger partial charge in [-0.05, 0) is 139 Å². The fourth-order valence-corrected chi connectivity index (χ4v) is 7.02. The molecule has 0 aromatic carbocycles. The van der Waals surface area contributed by atoms with Crippen molar-refractivity contribution in [2.75, 3.05) is 32.7 Å². The predicted octanol–water partition coefficient (Wildman–Crippen LogP) is 8.08. The average Bonchev–Trinajstić information content (AvgIpc) is 3.23. The number of nitrogens with two attached hydrogens (primary N) is 1. The zero-order valence-electron chi connectivity index (χ0n) is 44.7. The van der Waals surface area contributed by atoms with Gasteiger partial charge >= 0.3 is 18.3 Å². The average molecular weight is 983 g/mol. The summed E-state index contributed by atoms with van der Waals surface area (Å²) in [5, 5.41) is 19.8. The van der Waals surface area contributed by atoms with Crippen LogP contribution >= 0.6 is 0 Å². The molecule has 0 aromatic rings. The number of amides is 7. The molecule has 0 bridgehead atoms. The van der Waals surface area contributed by atoms with Crippen LogP contribution in [0.25, 0.3) is 0 Å². The molecule has 3 unspecified atom stereocenters. The van der Waals surface area contributed by atoms with Crippen molar-refractivity contribution in [2.24, 2.45) is 5.73 Å². The summed E-state index contributed by atoms with van der Waals surface area (Å²) >= 11 is 0. The van der Waals surface area contributed by atoms with Gasteiger partial charge in [-0.3, -0.25) is 19.2 Å². The van der Waals surface area contributed by atoms with E-state index in [4.69, 9.17) is 19.9 Å². The minimum Gasteiger partial charge on any atom is -0.444 e. The minimum absolute atomic E-state index is 0.0975. The number of alkyl carbamates (subject to hydrolysis) is 3. The van der Waals surface area contributed by atoms with Gasteiger partial charge in [-0.15, -0.1) is 0 Å². The lowest BCUT2D eigenvalue weighted by atomic mass is 10.0. The molecule has 0 aliphatic carbocycles. The number of carbonyl (C=O) groups is 7. The summed E-state index contributed by atoms with van der Waals surface area (Å²) in [6.45, 7) is 20.1. The zero-order valence-corrected chi connectivity index (χ0v) is 44.7. The maximum absolute atomic E-state index is 14.0. The third kappa shape index (κ3) is 41.2. The lowest BCUT2D eigenvalue weighted by Gasteiger charge is -2.25. The van der Waals surface area contributed by atoms with E-state index < -0.39 is 65.0 Å². The van der Waals surface area contributed by atoms with E-state index in [1.54, 1.807) is 62.3 Å². The fraction of sp³-hybridized carbons (Fsp3) is 0.863. The molecule has 402 valence electrons. The topological polar surface area (TPSA) is 257 Å². The molecule has 0 aliphatic heterocycles. The van der Waals surface area contributed by atoms with Gasteiger partial charge < -0.3 is 57.2 Å². The highest BCUT2D eigenvalue weighted by Gasteiger charge is 2.28. The Hall–Kier alpha value is -4.35. The van der Waals surface area contributed by atoms with E-state index in [1.807, 2.05) is 0 Å². The molecule has 18 heteroatoms. The molecule has 0 heterocycles. The van der Waals surface area contributed by atoms with E-state index in [-0.39, 0.29) is 31.2 Å². The van der Waals surface area contributed by atoms with Crippen LogP contribution in [0.4, 0.5) is 14.4 Å². The van der Waals surface area contributed by atoms with Crippen LogP contribution < -0.4 is 43.0 Å². The standard InChI is InChI=1S/C51H98N8O10/c1-11-12-13-14-15-16-17-18-21-33-42(60)53-34-25-19-20-26-35-54-44(62)40(31-23-28-37-56-47(65)68-50(5,6)7)59-45(63)41(32-24-29-38-57-48(66)69-51(8,9)10)58-43(61)39(52)30-22-27-36-55-46(64)67-49(2,3)4/h39-41H,11-38,52H2,1-10H3,(H,53,60)(H,54,62)(H,55,64)(H,56,65)(H,57,66)(H,58,61)(H,59,63). The van der Waals surface area contributed by atoms with E-state index in [1.165, 1.54) is 44.9 Å². The van der Waals surface area contributed by atoms with Crippen molar-refractivity contribution in [1.29, 1.82) is 0 Å². The Morgan fingerprint density at radius 1 is 0.391 bits per heavy atom. The molecule has 0 aliphatic rings. The fourth-order valence-electron chi connectivity index (χ4n) is 7.02. The Labute approximate surface area is 416 Å². The lowest BCUT2D eigenvalue weighted by molar-refractivity contribution is -0.132. The molecule has 0 aromatic heterocycles. The molecule has 69 heavy (non-hydrogen) atoms. The van der Waals surface area contributed by atoms with E-state index in [9.17, 15) is 33.6 Å². The molecule has 0 radical (unpaired) electrons. The Morgan fingerprint density at radius 3 is 1.16 bits per heavy atom. The third-order valence-electron chi connectivity index (χ3n) is 10.6. The first-order valence-corrected chi connectivity index (χ1v) is 26.2. The van der Waals surface area contributed by atoms with Crippen LogP contribution in [0.5, 0.6) is 0 Å². The van der Waals surface area contributed by atoms with Crippen molar-refractivity contribution < 1.29 is 47.8 Å². The van der Waals surface area contributed by atoms with Gasteiger partial charge in [0.05, 0.1) is 6.04 Å². The van der Waals surface area contributed by atoms with Gasteiger partial charge in [0.2, 0.25) is 23.6 Å². The molecule has 0 spiro atoms. The lowest BCUT2D eigenvalue weighted by Crippen LogP contribution is -2.55. The van der Waals surface area contributed by atoms with Gasteiger partial charge in [-0.2, -0.15) is 0 Å². The van der Waals surface area contributed by atoms with E-state index in [0.717, 1.165) is 32.1 Å². The third-order valence-corrected chi connectivity index (χ3v) is 10.6. The van der Waals surface area contributed by atoms with Gasteiger partial charge in [-0.25, -0.2) is 14.4 Å². The summed E-state index contributed by atoms with van der Waals surface area (Å²) in [5.74, 6) is -1.35. The van der Waals surface area contributed by atoms with Crippen molar-refractivity contribution in [3.8, 4) is 0 Å².